The van der Waals surface area contributed by atoms with Crippen molar-refractivity contribution in [3.8, 4) is 0 Å². The zero-order chi connectivity index (χ0) is 22.9. The van der Waals surface area contributed by atoms with E-state index in [0.29, 0.717) is 36.7 Å². The lowest BCUT2D eigenvalue weighted by Gasteiger charge is -2.30. The Balaban J connectivity index is 1.36. The summed E-state index contributed by atoms with van der Waals surface area (Å²) >= 11 is 1.81. The molecule has 0 atom stereocenters. The highest BCUT2D eigenvalue weighted by Crippen LogP contribution is 2.34. The van der Waals surface area contributed by atoms with Crippen LogP contribution < -0.4 is 11.2 Å². The molecular formula is C24H30N6O2S. The van der Waals surface area contributed by atoms with Crippen LogP contribution in [0.2, 0.25) is 0 Å². The second-order valence-corrected chi connectivity index (χ2v) is 9.84. The number of aromatic amines is 1. The van der Waals surface area contributed by atoms with Gasteiger partial charge >= 0.3 is 5.69 Å². The number of fused-ring (bicyclic) bond motifs is 2. The minimum absolute atomic E-state index is 0.349. The van der Waals surface area contributed by atoms with Crippen molar-refractivity contribution in [3.05, 3.63) is 55.9 Å². The van der Waals surface area contributed by atoms with Crippen LogP contribution in [-0.2, 0) is 19.6 Å². The number of unbranched alkanes of at least 4 members (excludes halogenated alkanes) is 1. The fourth-order valence-corrected chi connectivity index (χ4v) is 5.94. The molecule has 0 amide bonds. The van der Waals surface area contributed by atoms with Crippen LogP contribution in [0.25, 0.3) is 21.4 Å². The minimum Gasteiger partial charge on any atom is -0.321 e. The van der Waals surface area contributed by atoms with Gasteiger partial charge in [0.1, 0.15) is 5.82 Å². The summed E-state index contributed by atoms with van der Waals surface area (Å²) in [7, 11) is 0. The Bertz CT molecular complexity index is 1360. The average Bonchev–Trinajstić information content (AvgIpc) is 3.41. The number of likely N-dealkylation sites (tertiary alicyclic amines) is 1. The molecule has 1 saturated heterocycles. The normalized spacial score (nSPS) is 15.7. The van der Waals surface area contributed by atoms with Gasteiger partial charge in [-0.2, -0.15) is 0 Å². The lowest BCUT2D eigenvalue weighted by molar-refractivity contribution is 0.198. The number of piperidine rings is 1. The van der Waals surface area contributed by atoms with Crippen LogP contribution in [0.15, 0.2) is 33.9 Å². The van der Waals surface area contributed by atoms with Crippen molar-refractivity contribution in [2.24, 2.45) is 0 Å². The van der Waals surface area contributed by atoms with Crippen molar-refractivity contribution in [3.63, 3.8) is 0 Å². The van der Waals surface area contributed by atoms with Crippen LogP contribution >= 0.6 is 11.3 Å². The van der Waals surface area contributed by atoms with Gasteiger partial charge in [0.15, 0.2) is 11.2 Å². The van der Waals surface area contributed by atoms with E-state index in [1.165, 1.54) is 9.71 Å². The number of hydrogen-bond acceptors (Lipinski definition) is 6. The number of para-hydroxylation sites is 1. The van der Waals surface area contributed by atoms with Crippen molar-refractivity contribution < 1.29 is 0 Å². The van der Waals surface area contributed by atoms with E-state index in [-0.39, 0.29) is 11.2 Å². The number of H-pyrrole nitrogens is 1. The molecule has 0 spiro atoms. The van der Waals surface area contributed by atoms with Gasteiger partial charge in [0, 0.05) is 19.0 Å². The summed E-state index contributed by atoms with van der Waals surface area (Å²) < 4.78 is 4.84. The predicted octanol–water partition coefficient (Wildman–Crippen LogP) is 3.70. The third-order valence-corrected chi connectivity index (χ3v) is 7.83. The highest BCUT2D eigenvalue weighted by Gasteiger charge is 2.25. The maximum Gasteiger partial charge on any atom is 0.330 e. The summed E-state index contributed by atoms with van der Waals surface area (Å²) in [6.45, 7) is 7.92. The topological polar surface area (TPSA) is 88.8 Å². The molecule has 1 aliphatic rings. The van der Waals surface area contributed by atoms with Crippen molar-refractivity contribution in [1.29, 1.82) is 0 Å². The number of hydrogen-bond donors (Lipinski definition) is 1. The summed E-state index contributed by atoms with van der Waals surface area (Å²) in [4.78, 5) is 39.6. The van der Waals surface area contributed by atoms with Gasteiger partial charge in [-0.25, -0.2) is 14.8 Å². The van der Waals surface area contributed by atoms with Crippen molar-refractivity contribution >= 4 is 32.7 Å². The highest BCUT2D eigenvalue weighted by atomic mass is 32.1. The first-order valence-corrected chi connectivity index (χ1v) is 12.7. The fourth-order valence-electron chi connectivity index (χ4n) is 4.81. The molecule has 1 N–H and O–H groups in total. The van der Waals surface area contributed by atoms with Gasteiger partial charge in [0.2, 0.25) is 0 Å². The Labute approximate surface area is 195 Å². The molecule has 0 bridgehead atoms. The number of aromatic nitrogens is 5. The summed E-state index contributed by atoms with van der Waals surface area (Å²) in [6, 6.07) is 8.34. The smallest absolute Gasteiger partial charge is 0.321 e. The molecular weight excluding hydrogens is 436 g/mol. The Morgan fingerprint density at radius 2 is 1.88 bits per heavy atom. The second-order valence-electron chi connectivity index (χ2n) is 8.78. The van der Waals surface area contributed by atoms with Crippen molar-refractivity contribution in [1.82, 2.24) is 29.0 Å². The maximum atomic E-state index is 12.6. The molecule has 1 fully saturated rings. The first-order valence-electron chi connectivity index (χ1n) is 11.9. The molecule has 5 rings (SSSR count). The quantitative estimate of drug-likeness (QED) is 0.449. The molecule has 0 aliphatic carbocycles. The molecule has 9 heteroatoms. The molecule has 1 aromatic carbocycles. The van der Waals surface area contributed by atoms with Crippen LogP contribution in [0.4, 0.5) is 0 Å². The molecule has 0 saturated carbocycles. The van der Waals surface area contributed by atoms with Gasteiger partial charge in [-0.15, -0.1) is 11.3 Å². The van der Waals surface area contributed by atoms with Gasteiger partial charge in [-0.1, -0.05) is 25.5 Å². The number of rotatable bonds is 7. The van der Waals surface area contributed by atoms with E-state index >= 15 is 0 Å². The molecule has 3 aromatic heterocycles. The SMILES string of the molecule is CCCCn1c(=O)[nH]c(=O)c2c1nc(CN1CCC(c3nc4ccccc4s3)CC1)n2CC. The first-order chi connectivity index (χ1) is 16.1. The summed E-state index contributed by atoms with van der Waals surface area (Å²) in [5.41, 5.74) is 1.39. The third kappa shape index (κ3) is 4.15. The molecule has 0 unspecified atom stereocenters. The van der Waals surface area contributed by atoms with Gasteiger partial charge in [0.25, 0.3) is 5.56 Å². The van der Waals surface area contributed by atoms with Crippen molar-refractivity contribution in [2.45, 2.75) is 65.1 Å². The van der Waals surface area contributed by atoms with E-state index in [4.69, 9.17) is 9.97 Å². The van der Waals surface area contributed by atoms with E-state index < -0.39 is 0 Å². The standard InChI is InChI=1S/C24H30N6O2S/c1-3-5-12-30-21-20(22(31)27-24(30)32)29(4-2)19(26-21)15-28-13-10-16(11-14-28)23-25-17-8-6-7-9-18(17)33-23/h6-9,16H,3-5,10-15H2,1-2H3,(H,27,31,32). The minimum atomic E-state index is -0.370. The van der Waals surface area contributed by atoms with Gasteiger partial charge < -0.3 is 4.57 Å². The molecule has 4 aromatic rings. The second kappa shape index (κ2) is 9.23. The van der Waals surface area contributed by atoms with Gasteiger partial charge in [-0.05, 0) is 51.4 Å². The largest absolute Gasteiger partial charge is 0.330 e. The van der Waals surface area contributed by atoms with Crippen LogP contribution in [0.5, 0.6) is 0 Å². The van der Waals surface area contributed by atoms with Gasteiger partial charge in [0.05, 0.1) is 21.8 Å². The van der Waals surface area contributed by atoms with E-state index in [1.807, 2.05) is 28.9 Å². The highest BCUT2D eigenvalue weighted by molar-refractivity contribution is 7.18. The maximum absolute atomic E-state index is 12.6. The monoisotopic (exact) mass is 466 g/mol. The zero-order valence-corrected chi connectivity index (χ0v) is 20.0. The number of imidazole rings is 1. The molecule has 33 heavy (non-hydrogen) atoms. The van der Waals surface area contributed by atoms with Crippen LogP contribution in [0, 0.1) is 0 Å². The van der Waals surface area contributed by atoms with E-state index in [2.05, 4.69) is 35.0 Å². The van der Waals surface area contributed by atoms with Crippen LogP contribution in [-0.4, -0.2) is 42.1 Å². The Hall–Kier alpha value is -2.78. The fraction of sp³-hybridized carbons (Fsp3) is 0.500. The molecule has 0 radical (unpaired) electrons. The third-order valence-electron chi connectivity index (χ3n) is 6.63. The summed E-state index contributed by atoms with van der Waals surface area (Å²) in [5.74, 6) is 1.35. The van der Waals surface area contributed by atoms with Crippen molar-refractivity contribution in [2.75, 3.05) is 13.1 Å². The van der Waals surface area contributed by atoms with E-state index in [1.54, 1.807) is 4.57 Å². The number of aryl methyl sites for hydroxylation is 2. The molecule has 174 valence electrons. The predicted molar refractivity (Wildman–Crippen MR) is 132 cm³/mol. The summed E-state index contributed by atoms with van der Waals surface area (Å²) in [5, 5.41) is 1.24. The lowest BCUT2D eigenvalue weighted by atomic mass is 9.97. The van der Waals surface area contributed by atoms with E-state index in [0.717, 1.165) is 50.1 Å². The number of thiazole rings is 1. The van der Waals surface area contributed by atoms with Crippen LogP contribution in [0.3, 0.4) is 0 Å². The zero-order valence-electron chi connectivity index (χ0n) is 19.2. The Morgan fingerprint density at radius 1 is 1.09 bits per heavy atom. The lowest BCUT2D eigenvalue weighted by Crippen LogP contribution is -2.33. The Kier molecular flexibility index (Phi) is 6.16. The van der Waals surface area contributed by atoms with E-state index in [9.17, 15) is 9.59 Å². The molecule has 1 aliphatic heterocycles. The van der Waals surface area contributed by atoms with Crippen LogP contribution in [0.1, 0.15) is 56.3 Å². The average molecular weight is 467 g/mol. The molecule has 8 nitrogen and oxygen atoms in total. The number of benzene rings is 1. The summed E-state index contributed by atoms with van der Waals surface area (Å²) in [6.07, 6.45) is 3.97. The Morgan fingerprint density at radius 3 is 2.61 bits per heavy atom. The molecule has 4 heterocycles. The number of nitrogens with one attached hydrogen (secondary N) is 1. The number of nitrogens with zero attached hydrogens (tertiary/aromatic N) is 5. The van der Waals surface area contributed by atoms with Gasteiger partial charge in [-0.3, -0.25) is 19.2 Å². The first kappa shape index (κ1) is 22.0.